The smallest absolute Gasteiger partial charge is 0.289 e. The SMILES string of the molecule is CN(C(=O)c1nnc(N)s1)c1ccccc1F. The van der Waals surface area contributed by atoms with Gasteiger partial charge in [0, 0.05) is 7.05 Å². The number of anilines is 2. The topological polar surface area (TPSA) is 72.1 Å². The van der Waals surface area contributed by atoms with Crippen LogP contribution in [0.25, 0.3) is 0 Å². The summed E-state index contributed by atoms with van der Waals surface area (Å²) in [5.74, 6) is -0.912. The Bertz CT molecular complexity index is 557. The molecule has 1 aromatic heterocycles. The average Bonchev–Trinajstić information content (AvgIpc) is 2.75. The molecular formula is C10H9FN4OS. The minimum atomic E-state index is -0.471. The molecule has 2 N–H and O–H groups in total. The van der Waals surface area contributed by atoms with Gasteiger partial charge in [0.1, 0.15) is 5.82 Å². The summed E-state index contributed by atoms with van der Waals surface area (Å²) in [7, 11) is 1.47. The van der Waals surface area contributed by atoms with E-state index in [-0.39, 0.29) is 15.8 Å². The number of nitrogen functional groups attached to an aromatic ring is 1. The number of rotatable bonds is 2. The molecule has 1 heterocycles. The van der Waals surface area contributed by atoms with Gasteiger partial charge in [-0.25, -0.2) is 4.39 Å². The van der Waals surface area contributed by atoms with Gasteiger partial charge in [0.15, 0.2) is 0 Å². The molecule has 2 rings (SSSR count). The summed E-state index contributed by atoms with van der Waals surface area (Å²) >= 11 is 0.967. The fourth-order valence-corrected chi connectivity index (χ4v) is 1.88. The molecule has 2 aromatic rings. The molecule has 88 valence electrons. The lowest BCUT2D eigenvalue weighted by molar-refractivity contribution is 0.0991. The summed E-state index contributed by atoms with van der Waals surface area (Å²) in [6.45, 7) is 0. The van der Waals surface area contributed by atoms with Gasteiger partial charge in [-0.2, -0.15) is 0 Å². The molecule has 17 heavy (non-hydrogen) atoms. The van der Waals surface area contributed by atoms with Gasteiger partial charge in [0.2, 0.25) is 10.1 Å². The standard InChI is InChI=1S/C10H9FN4OS/c1-15(7-5-3-2-4-6(7)11)9(16)8-13-14-10(12)17-8/h2-5H,1H3,(H2,12,14). The van der Waals surface area contributed by atoms with Crippen molar-refractivity contribution in [2.24, 2.45) is 0 Å². The Morgan fingerprint density at radius 2 is 2.12 bits per heavy atom. The van der Waals surface area contributed by atoms with Crippen molar-refractivity contribution in [3.8, 4) is 0 Å². The van der Waals surface area contributed by atoms with Crippen molar-refractivity contribution in [2.45, 2.75) is 0 Å². The largest absolute Gasteiger partial charge is 0.374 e. The van der Waals surface area contributed by atoms with Gasteiger partial charge in [-0.1, -0.05) is 23.5 Å². The summed E-state index contributed by atoms with van der Waals surface area (Å²) in [6.07, 6.45) is 0. The number of carbonyl (C=O) groups is 1. The Labute approximate surface area is 101 Å². The van der Waals surface area contributed by atoms with E-state index in [1.54, 1.807) is 12.1 Å². The number of aromatic nitrogens is 2. The molecule has 0 spiro atoms. The molecule has 0 saturated carbocycles. The number of amides is 1. The number of carbonyl (C=O) groups excluding carboxylic acids is 1. The molecule has 0 atom stereocenters. The minimum absolute atomic E-state index is 0.133. The highest BCUT2D eigenvalue weighted by Gasteiger charge is 2.19. The molecule has 0 fully saturated rings. The number of hydrogen-bond acceptors (Lipinski definition) is 5. The van der Waals surface area contributed by atoms with Gasteiger partial charge in [-0.15, -0.1) is 10.2 Å². The van der Waals surface area contributed by atoms with E-state index >= 15 is 0 Å². The van der Waals surface area contributed by atoms with Gasteiger partial charge in [0.05, 0.1) is 5.69 Å². The highest BCUT2D eigenvalue weighted by molar-refractivity contribution is 7.17. The number of benzene rings is 1. The van der Waals surface area contributed by atoms with Gasteiger partial charge in [-0.3, -0.25) is 4.79 Å². The van der Waals surface area contributed by atoms with Crippen LogP contribution in [0.4, 0.5) is 15.2 Å². The van der Waals surface area contributed by atoms with E-state index < -0.39 is 11.7 Å². The van der Waals surface area contributed by atoms with Crippen molar-refractivity contribution in [3.05, 3.63) is 35.1 Å². The molecule has 0 aliphatic heterocycles. The lowest BCUT2D eigenvalue weighted by Gasteiger charge is -2.15. The summed E-state index contributed by atoms with van der Waals surface area (Å²) in [5, 5.41) is 7.50. The predicted molar refractivity (Wildman–Crippen MR) is 63.5 cm³/mol. The molecule has 1 aromatic carbocycles. The first-order valence-corrected chi connectivity index (χ1v) is 5.53. The zero-order valence-electron chi connectivity index (χ0n) is 8.92. The van der Waals surface area contributed by atoms with Crippen molar-refractivity contribution in [1.82, 2.24) is 10.2 Å². The first-order chi connectivity index (χ1) is 8.09. The fraction of sp³-hybridized carbons (Fsp3) is 0.100. The third kappa shape index (κ3) is 2.23. The Morgan fingerprint density at radius 3 is 2.71 bits per heavy atom. The lowest BCUT2D eigenvalue weighted by atomic mass is 10.3. The van der Waals surface area contributed by atoms with Crippen molar-refractivity contribution >= 4 is 28.1 Å². The zero-order chi connectivity index (χ0) is 12.4. The maximum atomic E-state index is 13.5. The average molecular weight is 252 g/mol. The van der Waals surface area contributed by atoms with Crippen LogP contribution in [0.1, 0.15) is 9.80 Å². The number of halogens is 1. The van der Waals surface area contributed by atoms with Crippen molar-refractivity contribution in [3.63, 3.8) is 0 Å². The third-order valence-electron chi connectivity index (χ3n) is 2.14. The van der Waals surface area contributed by atoms with E-state index in [1.807, 2.05) is 0 Å². The predicted octanol–water partition coefficient (Wildman–Crippen LogP) is 1.54. The Balaban J connectivity index is 2.29. The Kier molecular flexibility index (Phi) is 3.01. The maximum absolute atomic E-state index is 13.5. The number of para-hydroxylation sites is 1. The first kappa shape index (κ1) is 11.5. The monoisotopic (exact) mass is 252 g/mol. The number of nitrogens with zero attached hydrogens (tertiary/aromatic N) is 3. The molecule has 0 aliphatic carbocycles. The minimum Gasteiger partial charge on any atom is -0.374 e. The quantitative estimate of drug-likeness (QED) is 0.879. The van der Waals surface area contributed by atoms with Crippen LogP contribution in [0.5, 0.6) is 0 Å². The summed E-state index contributed by atoms with van der Waals surface area (Å²) in [4.78, 5) is 13.1. The summed E-state index contributed by atoms with van der Waals surface area (Å²) in [6, 6.07) is 6.00. The van der Waals surface area contributed by atoms with Crippen LogP contribution in [-0.2, 0) is 0 Å². The van der Waals surface area contributed by atoms with Crippen LogP contribution in [0.2, 0.25) is 0 Å². The second kappa shape index (κ2) is 4.46. The van der Waals surface area contributed by atoms with Crippen molar-refractivity contribution in [2.75, 3.05) is 17.7 Å². The third-order valence-corrected chi connectivity index (χ3v) is 2.88. The summed E-state index contributed by atoms with van der Waals surface area (Å²) < 4.78 is 13.5. The van der Waals surface area contributed by atoms with Crippen LogP contribution in [-0.4, -0.2) is 23.2 Å². The number of hydrogen-bond donors (Lipinski definition) is 1. The van der Waals surface area contributed by atoms with E-state index in [2.05, 4.69) is 10.2 Å². The lowest BCUT2D eigenvalue weighted by Crippen LogP contribution is -2.26. The van der Waals surface area contributed by atoms with Crippen LogP contribution in [0, 0.1) is 5.82 Å². The molecule has 1 amide bonds. The van der Waals surface area contributed by atoms with Crippen molar-refractivity contribution in [1.29, 1.82) is 0 Å². The van der Waals surface area contributed by atoms with E-state index in [1.165, 1.54) is 24.1 Å². The molecule has 0 aliphatic rings. The maximum Gasteiger partial charge on any atom is 0.289 e. The zero-order valence-corrected chi connectivity index (χ0v) is 9.74. The summed E-state index contributed by atoms with van der Waals surface area (Å²) in [5.41, 5.74) is 5.57. The van der Waals surface area contributed by atoms with Gasteiger partial charge < -0.3 is 10.6 Å². The van der Waals surface area contributed by atoms with E-state index in [0.29, 0.717) is 0 Å². The molecule has 5 nitrogen and oxygen atoms in total. The Morgan fingerprint density at radius 1 is 1.41 bits per heavy atom. The molecular weight excluding hydrogens is 243 g/mol. The van der Waals surface area contributed by atoms with Gasteiger partial charge in [-0.05, 0) is 12.1 Å². The van der Waals surface area contributed by atoms with Gasteiger partial charge >= 0.3 is 0 Å². The van der Waals surface area contributed by atoms with Crippen LogP contribution >= 0.6 is 11.3 Å². The highest BCUT2D eigenvalue weighted by atomic mass is 32.1. The molecule has 7 heteroatoms. The molecule has 0 saturated heterocycles. The van der Waals surface area contributed by atoms with E-state index in [4.69, 9.17) is 5.73 Å². The Hall–Kier alpha value is -2.02. The number of nitrogens with two attached hydrogens (primary N) is 1. The second-order valence-electron chi connectivity index (χ2n) is 3.26. The van der Waals surface area contributed by atoms with Crippen LogP contribution in [0.3, 0.4) is 0 Å². The van der Waals surface area contributed by atoms with E-state index in [0.717, 1.165) is 11.3 Å². The normalized spacial score (nSPS) is 10.2. The second-order valence-corrected chi connectivity index (χ2v) is 4.27. The molecule has 0 bridgehead atoms. The van der Waals surface area contributed by atoms with Crippen LogP contribution in [0.15, 0.2) is 24.3 Å². The molecule has 0 unspecified atom stereocenters. The highest BCUT2D eigenvalue weighted by Crippen LogP contribution is 2.21. The van der Waals surface area contributed by atoms with Crippen LogP contribution < -0.4 is 10.6 Å². The van der Waals surface area contributed by atoms with E-state index in [9.17, 15) is 9.18 Å². The van der Waals surface area contributed by atoms with Gasteiger partial charge in [0.25, 0.3) is 5.91 Å². The molecule has 0 radical (unpaired) electrons. The first-order valence-electron chi connectivity index (χ1n) is 4.71. The fourth-order valence-electron chi connectivity index (χ4n) is 1.30. The van der Waals surface area contributed by atoms with Crippen molar-refractivity contribution < 1.29 is 9.18 Å².